The van der Waals surface area contributed by atoms with Gasteiger partial charge in [-0.05, 0) is 39.0 Å². The number of halogens is 2. The number of imidazole rings is 1. The summed E-state index contributed by atoms with van der Waals surface area (Å²) in [5, 5.41) is 23.8. The van der Waals surface area contributed by atoms with Gasteiger partial charge in [-0.2, -0.15) is 0 Å². The van der Waals surface area contributed by atoms with Crippen LogP contribution in [0.25, 0.3) is 5.65 Å². The first kappa shape index (κ1) is 20.1. The maximum Gasteiger partial charge on any atom is 0.288 e. The van der Waals surface area contributed by atoms with Crippen molar-refractivity contribution in [1.29, 1.82) is 0 Å². The first-order valence-corrected chi connectivity index (χ1v) is 8.92. The fourth-order valence-electron chi connectivity index (χ4n) is 3.09. The molecular formula is C18H16Cl2N4O4. The van der Waals surface area contributed by atoms with E-state index in [1.165, 1.54) is 6.07 Å². The van der Waals surface area contributed by atoms with Crippen LogP contribution in [0, 0.1) is 17.0 Å². The highest BCUT2D eigenvalue weighted by molar-refractivity contribution is 6.41. The summed E-state index contributed by atoms with van der Waals surface area (Å²) in [7, 11) is 0. The number of hydrogen-bond acceptors (Lipinski definition) is 5. The van der Waals surface area contributed by atoms with Crippen LogP contribution in [0.5, 0.6) is 0 Å². The molecule has 0 spiro atoms. The van der Waals surface area contributed by atoms with E-state index in [9.17, 15) is 20.0 Å². The Balaban J connectivity index is 2.09. The van der Waals surface area contributed by atoms with E-state index < -0.39 is 22.1 Å². The first-order valence-electron chi connectivity index (χ1n) is 8.16. The molecule has 146 valence electrons. The zero-order valence-corrected chi connectivity index (χ0v) is 16.7. The van der Waals surface area contributed by atoms with Gasteiger partial charge in [0.1, 0.15) is 10.6 Å². The number of nitro groups is 1. The van der Waals surface area contributed by atoms with Crippen LogP contribution in [0.2, 0.25) is 10.0 Å². The van der Waals surface area contributed by atoms with Crippen LogP contribution in [-0.2, 0) is 5.60 Å². The lowest BCUT2D eigenvalue weighted by Gasteiger charge is -2.18. The molecule has 0 aliphatic heterocycles. The maximum atomic E-state index is 12.8. The van der Waals surface area contributed by atoms with E-state index in [2.05, 4.69) is 10.3 Å². The third kappa shape index (κ3) is 3.42. The lowest BCUT2D eigenvalue weighted by molar-refractivity contribution is -0.384. The Morgan fingerprint density at radius 1 is 1.32 bits per heavy atom. The number of pyridine rings is 1. The predicted molar refractivity (Wildman–Crippen MR) is 106 cm³/mol. The van der Waals surface area contributed by atoms with Gasteiger partial charge in [-0.25, -0.2) is 4.98 Å². The summed E-state index contributed by atoms with van der Waals surface area (Å²) in [4.78, 5) is 27.6. The molecule has 3 aromatic rings. The molecule has 3 rings (SSSR count). The van der Waals surface area contributed by atoms with E-state index in [1.54, 1.807) is 43.5 Å². The number of benzene rings is 1. The number of anilines is 1. The van der Waals surface area contributed by atoms with Crippen molar-refractivity contribution >= 4 is 46.1 Å². The van der Waals surface area contributed by atoms with Gasteiger partial charge < -0.3 is 10.4 Å². The second-order valence-electron chi connectivity index (χ2n) is 6.69. The molecule has 1 aromatic carbocycles. The normalized spacial score (nSPS) is 11.6. The van der Waals surface area contributed by atoms with Crippen LogP contribution >= 0.6 is 23.2 Å². The third-order valence-electron chi connectivity index (χ3n) is 4.15. The highest BCUT2D eigenvalue weighted by Gasteiger charge is 2.27. The van der Waals surface area contributed by atoms with Crippen LogP contribution in [0.4, 0.5) is 11.4 Å². The van der Waals surface area contributed by atoms with Crippen molar-refractivity contribution in [3.63, 3.8) is 0 Å². The topological polar surface area (TPSA) is 110 Å². The molecular weight excluding hydrogens is 407 g/mol. The summed E-state index contributed by atoms with van der Waals surface area (Å²) in [5.41, 5.74) is 0.137. The Hall–Kier alpha value is -2.68. The van der Waals surface area contributed by atoms with Gasteiger partial charge in [-0.15, -0.1) is 0 Å². The molecule has 2 N–H and O–H groups in total. The van der Waals surface area contributed by atoms with E-state index in [-0.39, 0.29) is 15.6 Å². The number of hydrogen-bond donors (Lipinski definition) is 2. The third-order valence-corrected chi connectivity index (χ3v) is 4.84. The second kappa shape index (κ2) is 7.05. The minimum Gasteiger partial charge on any atom is -0.384 e. The Kier molecular flexibility index (Phi) is 5.05. The molecule has 2 aromatic heterocycles. The number of carbonyl (C=O) groups is 1. The number of aliphatic hydroxyl groups is 1. The van der Waals surface area contributed by atoms with Gasteiger partial charge in [0.15, 0.2) is 5.65 Å². The average molecular weight is 423 g/mol. The molecule has 1 amide bonds. The SMILES string of the molecule is Cc1nc2c(NC(=O)c3c(Cl)ccc([N+](=O)[O-])c3Cl)cccn2c1C(C)(C)O. The number of fused-ring (bicyclic) bond motifs is 1. The Bertz CT molecular complexity index is 1120. The Morgan fingerprint density at radius 2 is 2.00 bits per heavy atom. The van der Waals surface area contributed by atoms with Crippen LogP contribution in [0.3, 0.4) is 0 Å². The second-order valence-corrected chi connectivity index (χ2v) is 7.47. The number of nitrogens with one attached hydrogen (secondary N) is 1. The van der Waals surface area contributed by atoms with Crippen molar-refractivity contribution in [3.05, 3.63) is 67.6 Å². The molecule has 0 radical (unpaired) electrons. The number of aromatic nitrogens is 2. The van der Waals surface area contributed by atoms with Gasteiger partial charge >= 0.3 is 0 Å². The molecule has 8 nitrogen and oxygen atoms in total. The summed E-state index contributed by atoms with van der Waals surface area (Å²) >= 11 is 12.1. The summed E-state index contributed by atoms with van der Waals surface area (Å²) in [6, 6.07) is 5.67. The van der Waals surface area contributed by atoms with Gasteiger partial charge in [0.25, 0.3) is 11.6 Å². The highest BCUT2D eigenvalue weighted by atomic mass is 35.5. The molecule has 0 saturated carbocycles. The summed E-state index contributed by atoms with van der Waals surface area (Å²) < 4.78 is 1.67. The molecule has 0 aliphatic carbocycles. The molecule has 28 heavy (non-hydrogen) atoms. The molecule has 0 fully saturated rings. The number of nitrogens with zero attached hydrogens (tertiary/aromatic N) is 3. The summed E-state index contributed by atoms with van der Waals surface area (Å²) in [6.07, 6.45) is 1.71. The van der Waals surface area contributed by atoms with Gasteiger partial charge in [0.05, 0.1) is 32.6 Å². The van der Waals surface area contributed by atoms with E-state index in [0.717, 1.165) is 6.07 Å². The molecule has 0 bridgehead atoms. The van der Waals surface area contributed by atoms with Gasteiger partial charge in [-0.1, -0.05) is 23.2 Å². The lowest BCUT2D eigenvalue weighted by atomic mass is 10.0. The van der Waals surface area contributed by atoms with Crippen LogP contribution in [0.15, 0.2) is 30.5 Å². The number of nitro benzene ring substituents is 1. The average Bonchev–Trinajstić information content (AvgIpc) is 2.91. The van der Waals surface area contributed by atoms with E-state index in [1.807, 2.05) is 0 Å². The van der Waals surface area contributed by atoms with Crippen LogP contribution < -0.4 is 5.32 Å². The highest BCUT2D eigenvalue weighted by Crippen LogP contribution is 2.34. The van der Waals surface area contributed by atoms with E-state index in [4.69, 9.17) is 23.2 Å². The number of rotatable bonds is 4. The molecule has 0 atom stereocenters. The predicted octanol–water partition coefficient (Wildman–Crippen LogP) is 4.34. The smallest absolute Gasteiger partial charge is 0.288 e. The first-order chi connectivity index (χ1) is 13.0. The van der Waals surface area contributed by atoms with Gasteiger partial charge in [0, 0.05) is 12.3 Å². The van der Waals surface area contributed by atoms with Gasteiger partial charge in [0.2, 0.25) is 0 Å². The minimum atomic E-state index is -1.15. The van der Waals surface area contributed by atoms with E-state index in [0.29, 0.717) is 22.7 Å². The largest absolute Gasteiger partial charge is 0.384 e. The maximum absolute atomic E-state index is 12.8. The number of amides is 1. The van der Waals surface area contributed by atoms with Gasteiger partial charge in [-0.3, -0.25) is 19.3 Å². The number of carbonyl (C=O) groups excluding carboxylic acids is 1. The van der Waals surface area contributed by atoms with Crippen molar-refractivity contribution in [3.8, 4) is 0 Å². The molecule has 0 aliphatic rings. The fourth-order valence-corrected chi connectivity index (χ4v) is 3.70. The molecule has 2 heterocycles. The van der Waals surface area contributed by atoms with Crippen molar-refractivity contribution in [2.75, 3.05) is 5.32 Å². The molecule has 0 saturated heterocycles. The van der Waals surface area contributed by atoms with E-state index >= 15 is 0 Å². The monoisotopic (exact) mass is 422 g/mol. The minimum absolute atomic E-state index is 0.0169. The summed E-state index contributed by atoms with van der Waals surface area (Å²) in [6.45, 7) is 5.02. The van der Waals surface area contributed by atoms with Crippen molar-refractivity contribution in [1.82, 2.24) is 9.38 Å². The zero-order valence-electron chi connectivity index (χ0n) is 15.2. The summed E-state index contributed by atoms with van der Waals surface area (Å²) in [5.74, 6) is -0.711. The van der Waals surface area contributed by atoms with Crippen molar-refractivity contribution < 1.29 is 14.8 Å². The van der Waals surface area contributed by atoms with Crippen LogP contribution in [-0.4, -0.2) is 25.3 Å². The molecule has 10 heteroatoms. The fraction of sp³-hybridized carbons (Fsp3) is 0.222. The van der Waals surface area contributed by atoms with Crippen LogP contribution in [0.1, 0.15) is 35.6 Å². The Labute approximate surface area is 169 Å². The lowest BCUT2D eigenvalue weighted by Crippen LogP contribution is -2.19. The quantitative estimate of drug-likeness (QED) is 0.479. The zero-order chi connectivity index (χ0) is 20.8. The standard InChI is InChI=1S/C18H16Cl2N4O4/c1-9-15(18(2,3)26)23-8-4-5-11(16(23)21-9)22-17(25)13-10(19)6-7-12(14(13)20)24(27)28/h4-8,26H,1-3H3,(H,22,25). The van der Waals surface area contributed by atoms with Crippen molar-refractivity contribution in [2.45, 2.75) is 26.4 Å². The van der Waals surface area contributed by atoms with Crippen molar-refractivity contribution in [2.24, 2.45) is 0 Å². The number of aryl methyl sites for hydroxylation is 1. The Morgan fingerprint density at radius 3 is 2.61 bits per heavy atom. The molecule has 0 unspecified atom stereocenters.